The molecular weight excluding hydrogens is 415 g/mol. The van der Waals surface area contributed by atoms with Crippen LogP contribution < -0.4 is 21.8 Å². The Kier molecular flexibility index (Phi) is 4.68. The SMILES string of the molecule is COC1=c2c(c(=O)[nH]c(=O)n2C2CC2)=C(C)C(F)C1N1CC2CCC(F)(F)C(O)C2C1. The summed E-state index contributed by atoms with van der Waals surface area (Å²) in [6, 6.07) is -1.04. The Morgan fingerprint density at radius 2 is 1.90 bits per heavy atom. The second-order valence-electron chi connectivity index (χ2n) is 9.30. The van der Waals surface area contributed by atoms with Gasteiger partial charge in [-0.15, -0.1) is 0 Å². The molecule has 1 aromatic rings. The Labute approximate surface area is 175 Å². The number of aromatic amines is 1. The van der Waals surface area contributed by atoms with Crippen LogP contribution in [0.15, 0.2) is 9.59 Å². The van der Waals surface area contributed by atoms with Crippen LogP contribution in [0, 0.1) is 11.8 Å². The van der Waals surface area contributed by atoms with Gasteiger partial charge >= 0.3 is 5.69 Å². The molecule has 1 aromatic heterocycles. The van der Waals surface area contributed by atoms with E-state index in [-0.39, 0.29) is 46.8 Å². The van der Waals surface area contributed by atoms with Crippen molar-refractivity contribution in [1.29, 1.82) is 0 Å². The molecule has 0 amide bonds. The molecule has 0 bridgehead atoms. The zero-order valence-electron chi connectivity index (χ0n) is 17.4. The van der Waals surface area contributed by atoms with Crippen molar-refractivity contribution in [3.8, 4) is 0 Å². The van der Waals surface area contributed by atoms with E-state index in [1.54, 1.807) is 4.90 Å². The van der Waals surface area contributed by atoms with Gasteiger partial charge in [-0.25, -0.2) is 18.0 Å². The lowest BCUT2D eigenvalue weighted by atomic mass is 9.77. The fourth-order valence-electron chi connectivity index (χ4n) is 5.71. The highest BCUT2D eigenvalue weighted by Gasteiger charge is 2.55. The Hall–Kier alpha value is -2.07. The maximum absolute atomic E-state index is 15.7. The third-order valence-corrected chi connectivity index (χ3v) is 7.46. The van der Waals surface area contributed by atoms with Crippen molar-refractivity contribution in [1.82, 2.24) is 14.5 Å². The van der Waals surface area contributed by atoms with Crippen molar-refractivity contribution in [2.45, 2.75) is 62.9 Å². The van der Waals surface area contributed by atoms with Crippen LogP contribution in [0.4, 0.5) is 13.2 Å². The molecule has 0 aromatic carbocycles. The summed E-state index contributed by atoms with van der Waals surface area (Å²) >= 11 is 0. The number of halogens is 3. The Morgan fingerprint density at radius 1 is 1.19 bits per heavy atom. The zero-order valence-corrected chi connectivity index (χ0v) is 17.4. The second kappa shape index (κ2) is 6.96. The van der Waals surface area contributed by atoms with E-state index in [1.807, 2.05) is 0 Å². The number of fused-ring (bicyclic) bond motifs is 2. The molecule has 0 spiro atoms. The van der Waals surface area contributed by atoms with Crippen LogP contribution >= 0.6 is 0 Å². The van der Waals surface area contributed by atoms with Gasteiger partial charge in [0.25, 0.3) is 11.5 Å². The molecule has 5 rings (SSSR count). The molecule has 3 fully saturated rings. The summed E-state index contributed by atoms with van der Waals surface area (Å²) in [5, 5.41) is 10.6. The van der Waals surface area contributed by atoms with E-state index in [1.165, 1.54) is 18.6 Å². The molecule has 5 unspecified atom stereocenters. The van der Waals surface area contributed by atoms with Gasteiger partial charge in [-0.1, -0.05) is 0 Å². The highest BCUT2D eigenvalue weighted by atomic mass is 19.3. The number of nitrogens with zero attached hydrogens (tertiary/aromatic N) is 2. The van der Waals surface area contributed by atoms with Crippen LogP contribution in [-0.2, 0) is 4.74 Å². The van der Waals surface area contributed by atoms with E-state index in [2.05, 4.69) is 4.98 Å². The number of nitrogens with one attached hydrogen (secondary N) is 1. The number of hydrogen-bond donors (Lipinski definition) is 2. The average molecular weight is 441 g/mol. The average Bonchev–Trinajstić information content (AvgIpc) is 3.45. The first kappa shape index (κ1) is 20.8. The van der Waals surface area contributed by atoms with E-state index in [4.69, 9.17) is 4.74 Å². The minimum absolute atomic E-state index is 0.0884. The standard InChI is InChI=1S/C21H26F3N3O4/c1-9-13-15(27(11-3-4-11)20(30)25-19(13)29)17(31-2)16(14(9)22)26-7-10-5-6-21(23,24)18(28)12(10)8-26/h10-12,14,16,18,28H,3-8H2,1-2H3,(H,25,29,30). The minimum atomic E-state index is -3.15. The number of alkyl halides is 3. The van der Waals surface area contributed by atoms with Gasteiger partial charge in [0.2, 0.25) is 0 Å². The van der Waals surface area contributed by atoms with Crippen molar-refractivity contribution in [3.63, 3.8) is 0 Å². The monoisotopic (exact) mass is 441 g/mol. The van der Waals surface area contributed by atoms with Gasteiger partial charge in [0.05, 0.1) is 17.7 Å². The van der Waals surface area contributed by atoms with Crippen LogP contribution in [0.25, 0.3) is 11.3 Å². The number of aliphatic hydroxyl groups excluding tert-OH is 1. The predicted octanol–water partition coefficient (Wildman–Crippen LogP) is -0.145. The molecular formula is C21H26F3N3O4. The molecule has 170 valence electrons. The number of aliphatic hydroxyl groups is 1. The number of hydrogen-bond acceptors (Lipinski definition) is 5. The van der Waals surface area contributed by atoms with Gasteiger partial charge in [-0.3, -0.25) is 19.2 Å². The first-order valence-electron chi connectivity index (χ1n) is 10.7. The first-order chi connectivity index (χ1) is 14.7. The molecule has 10 heteroatoms. The summed E-state index contributed by atoms with van der Waals surface area (Å²) in [6.07, 6.45) is -1.97. The number of rotatable bonds is 3. The van der Waals surface area contributed by atoms with Gasteiger partial charge in [-0.2, -0.15) is 0 Å². The van der Waals surface area contributed by atoms with Gasteiger partial charge in [0.1, 0.15) is 24.1 Å². The smallest absolute Gasteiger partial charge is 0.329 e. The van der Waals surface area contributed by atoms with Crippen LogP contribution in [-0.4, -0.2) is 64.0 Å². The number of likely N-dealkylation sites (tertiary alicyclic amines) is 1. The Balaban J connectivity index is 1.66. The predicted molar refractivity (Wildman–Crippen MR) is 106 cm³/mol. The Bertz CT molecular complexity index is 1160. The molecule has 2 N–H and O–H groups in total. The normalized spacial score (nSPS) is 35.1. The summed E-state index contributed by atoms with van der Waals surface area (Å²) in [6.45, 7) is 1.96. The van der Waals surface area contributed by atoms with E-state index in [0.29, 0.717) is 6.54 Å². The quantitative estimate of drug-likeness (QED) is 0.682. The topological polar surface area (TPSA) is 87.6 Å². The van der Waals surface area contributed by atoms with E-state index in [0.717, 1.165) is 12.8 Å². The summed E-state index contributed by atoms with van der Waals surface area (Å²) in [5.74, 6) is -3.82. The fourth-order valence-corrected chi connectivity index (χ4v) is 5.71. The Morgan fingerprint density at radius 3 is 2.55 bits per heavy atom. The third kappa shape index (κ3) is 3.01. The van der Waals surface area contributed by atoms with E-state index >= 15 is 4.39 Å². The number of methoxy groups -OCH3 is 1. The zero-order chi connectivity index (χ0) is 22.2. The molecule has 31 heavy (non-hydrogen) atoms. The van der Waals surface area contributed by atoms with Gasteiger partial charge in [0, 0.05) is 31.5 Å². The number of aromatic nitrogens is 2. The fraction of sp³-hybridized carbons (Fsp3) is 0.714. The van der Waals surface area contributed by atoms with Crippen LogP contribution in [0.3, 0.4) is 0 Å². The van der Waals surface area contributed by atoms with Crippen molar-refractivity contribution >= 4 is 11.3 Å². The van der Waals surface area contributed by atoms with Crippen LogP contribution in [0.1, 0.15) is 38.6 Å². The molecule has 4 aliphatic rings. The van der Waals surface area contributed by atoms with Crippen molar-refractivity contribution in [2.75, 3.05) is 20.2 Å². The van der Waals surface area contributed by atoms with Crippen molar-refractivity contribution in [2.24, 2.45) is 11.8 Å². The van der Waals surface area contributed by atoms with Crippen molar-refractivity contribution in [3.05, 3.63) is 31.4 Å². The summed E-state index contributed by atoms with van der Waals surface area (Å²) in [5.41, 5.74) is -1.03. The minimum Gasteiger partial charge on any atom is -0.497 e. The highest BCUT2D eigenvalue weighted by molar-refractivity contribution is 5.60. The maximum atomic E-state index is 15.7. The van der Waals surface area contributed by atoms with E-state index in [9.17, 15) is 23.5 Å². The van der Waals surface area contributed by atoms with Crippen LogP contribution in [0.2, 0.25) is 0 Å². The first-order valence-corrected chi connectivity index (χ1v) is 10.7. The van der Waals surface area contributed by atoms with Crippen LogP contribution in [0.5, 0.6) is 0 Å². The molecule has 0 radical (unpaired) electrons. The molecule has 7 nitrogen and oxygen atoms in total. The summed E-state index contributed by atoms with van der Waals surface area (Å²) < 4.78 is 51.0. The van der Waals surface area contributed by atoms with Gasteiger partial charge < -0.3 is 9.84 Å². The van der Waals surface area contributed by atoms with Gasteiger partial charge in [-0.05, 0) is 37.7 Å². The number of ether oxygens (including phenoxy) is 1. The lowest BCUT2D eigenvalue weighted by molar-refractivity contribution is -0.161. The van der Waals surface area contributed by atoms with E-state index < -0.39 is 47.8 Å². The molecule has 3 aliphatic carbocycles. The molecule has 2 heterocycles. The highest BCUT2D eigenvalue weighted by Crippen LogP contribution is 2.45. The molecule has 5 atom stereocenters. The largest absolute Gasteiger partial charge is 0.497 e. The maximum Gasteiger partial charge on any atom is 0.329 e. The third-order valence-electron chi connectivity index (χ3n) is 7.46. The van der Waals surface area contributed by atoms with Gasteiger partial charge in [0.15, 0.2) is 0 Å². The summed E-state index contributed by atoms with van der Waals surface area (Å²) in [7, 11) is 1.37. The van der Waals surface area contributed by atoms with Crippen molar-refractivity contribution < 1.29 is 23.0 Å². The second-order valence-corrected chi connectivity index (χ2v) is 9.30. The lowest BCUT2D eigenvalue weighted by Crippen LogP contribution is -2.62. The molecule has 1 aliphatic heterocycles. The summed E-state index contributed by atoms with van der Waals surface area (Å²) in [4.78, 5) is 29.2. The lowest BCUT2D eigenvalue weighted by Gasteiger charge is -2.36. The molecule has 2 saturated carbocycles. The number of H-pyrrole nitrogens is 1. The molecule has 1 saturated heterocycles.